The van der Waals surface area contributed by atoms with Gasteiger partial charge < -0.3 is 9.64 Å². The highest BCUT2D eigenvalue weighted by molar-refractivity contribution is 6.21. The van der Waals surface area contributed by atoms with E-state index >= 15 is 0 Å². The van der Waals surface area contributed by atoms with Gasteiger partial charge in [-0.1, -0.05) is 30.3 Å². The SMILES string of the molecule is CC(C)(C)OC(=O)N1CCc2cccc(CN3C(=O)c4ccccc4C3=O)c2C1. The molecule has 29 heavy (non-hydrogen) atoms. The summed E-state index contributed by atoms with van der Waals surface area (Å²) in [4.78, 5) is 40.9. The van der Waals surface area contributed by atoms with Crippen LogP contribution < -0.4 is 0 Å². The van der Waals surface area contributed by atoms with Crippen LogP contribution in [-0.2, 0) is 24.2 Å². The van der Waals surface area contributed by atoms with E-state index in [2.05, 4.69) is 0 Å². The summed E-state index contributed by atoms with van der Waals surface area (Å²) in [6.45, 7) is 6.71. The van der Waals surface area contributed by atoms with Gasteiger partial charge in [0.1, 0.15) is 5.60 Å². The Morgan fingerprint density at radius 2 is 1.66 bits per heavy atom. The van der Waals surface area contributed by atoms with Crippen molar-refractivity contribution in [2.75, 3.05) is 6.54 Å². The molecule has 6 nitrogen and oxygen atoms in total. The van der Waals surface area contributed by atoms with Crippen LogP contribution in [0.3, 0.4) is 0 Å². The van der Waals surface area contributed by atoms with E-state index in [1.165, 1.54) is 4.90 Å². The number of amides is 3. The molecule has 2 aromatic rings. The molecular weight excluding hydrogens is 368 g/mol. The topological polar surface area (TPSA) is 66.9 Å². The molecule has 0 atom stereocenters. The van der Waals surface area contributed by atoms with Crippen molar-refractivity contribution in [3.63, 3.8) is 0 Å². The minimum atomic E-state index is -0.558. The number of nitrogens with zero attached hydrogens (tertiary/aromatic N) is 2. The number of rotatable bonds is 2. The molecule has 4 rings (SSSR count). The molecule has 6 heteroatoms. The molecule has 0 unspecified atom stereocenters. The molecule has 3 amide bonds. The fourth-order valence-corrected chi connectivity index (χ4v) is 3.83. The Morgan fingerprint density at radius 1 is 1.00 bits per heavy atom. The van der Waals surface area contributed by atoms with E-state index in [0.717, 1.165) is 16.7 Å². The Bertz CT molecular complexity index is 971. The molecule has 150 valence electrons. The number of hydrogen-bond donors (Lipinski definition) is 0. The van der Waals surface area contributed by atoms with Gasteiger partial charge in [0.2, 0.25) is 0 Å². The summed E-state index contributed by atoms with van der Waals surface area (Å²) >= 11 is 0. The molecule has 0 saturated heterocycles. The second kappa shape index (κ2) is 7.03. The molecule has 2 aliphatic heterocycles. The van der Waals surface area contributed by atoms with Gasteiger partial charge in [-0.3, -0.25) is 14.5 Å². The first-order chi connectivity index (χ1) is 13.7. The maximum Gasteiger partial charge on any atom is 0.410 e. The summed E-state index contributed by atoms with van der Waals surface area (Å²) in [5.74, 6) is -0.550. The van der Waals surface area contributed by atoms with Gasteiger partial charge in [-0.05, 0) is 56.0 Å². The first-order valence-electron chi connectivity index (χ1n) is 9.77. The lowest BCUT2D eigenvalue weighted by Crippen LogP contribution is -2.40. The van der Waals surface area contributed by atoms with Gasteiger partial charge in [-0.25, -0.2) is 4.79 Å². The van der Waals surface area contributed by atoms with Crippen LogP contribution >= 0.6 is 0 Å². The second-order valence-corrected chi connectivity index (χ2v) is 8.45. The molecule has 2 heterocycles. The minimum absolute atomic E-state index is 0.192. The van der Waals surface area contributed by atoms with Gasteiger partial charge in [0.25, 0.3) is 11.8 Å². The normalized spacial score (nSPS) is 16.0. The smallest absolute Gasteiger partial charge is 0.410 e. The molecule has 2 aromatic carbocycles. The fourth-order valence-electron chi connectivity index (χ4n) is 3.83. The first kappa shape index (κ1) is 19.2. The van der Waals surface area contributed by atoms with Crippen molar-refractivity contribution in [1.82, 2.24) is 9.80 Å². The van der Waals surface area contributed by atoms with Crippen molar-refractivity contribution in [3.05, 3.63) is 70.3 Å². The van der Waals surface area contributed by atoms with Crippen molar-refractivity contribution in [2.45, 2.75) is 45.9 Å². The van der Waals surface area contributed by atoms with Gasteiger partial charge in [-0.2, -0.15) is 0 Å². The number of ether oxygens (including phenoxy) is 1. The zero-order valence-electron chi connectivity index (χ0n) is 16.9. The maximum absolute atomic E-state index is 12.7. The standard InChI is InChI=1S/C23H24N2O4/c1-23(2,3)29-22(28)24-12-11-15-7-6-8-16(19(15)14-24)13-25-20(26)17-9-4-5-10-18(17)21(25)27/h4-10H,11-14H2,1-3H3. The molecule has 0 aliphatic carbocycles. The van der Waals surface area contributed by atoms with Gasteiger partial charge in [-0.15, -0.1) is 0 Å². The van der Waals surface area contributed by atoms with E-state index in [-0.39, 0.29) is 24.5 Å². The molecule has 0 spiro atoms. The lowest BCUT2D eigenvalue weighted by Gasteiger charge is -2.32. The highest BCUT2D eigenvalue weighted by Crippen LogP contribution is 2.29. The lowest BCUT2D eigenvalue weighted by atomic mass is 9.94. The Labute approximate surface area is 170 Å². The summed E-state index contributed by atoms with van der Waals surface area (Å²) < 4.78 is 5.51. The quantitative estimate of drug-likeness (QED) is 0.730. The Kier molecular flexibility index (Phi) is 4.65. The number of fused-ring (bicyclic) bond motifs is 2. The average Bonchev–Trinajstić information content (AvgIpc) is 2.92. The molecule has 0 bridgehead atoms. The number of carbonyl (C=O) groups excluding carboxylic acids is 3. The van der Waals surface area contributed by atoms with Gasteiger partial charge >= 0.3 is 6.09 Å². The van der Waals surface area contributed by atoms with Crippen molar-refractivity contribution >= 4 is 17.9 Å². The fraction of sp³-hybridized carbons (Fsp3) is 0.348. The predicted octanol–water partition coefficient (Wildman–Crippen LogP) is 3.78. The van der Waals surface area contributed by atoms with Crippen LogP contribution in [0.5, 0.6) is 0 Å². The highest BCUT2D eigenvalue weighted by atomic mass is 16.6. The third kappa shape index (κ3) is 3.62. The van der Waals surface area contributed by atoms with Crippen LogP contribution in [0.4, 0.5) is 4.79 Å². The Hall–Kier alpha value is -3.15. The van der Waals surface area contributed by atoms with Crippen molar-refractivity contribution in [1.29, 1.82) is 0 Å². The molecule has 0 aromatic heterocycles. The zero-order valence-corrected chi connectivity index (χ0v) is 16.9. The Balaban J connectivity index is 1.58. The third-order valence-corrected chi connectivity index (χ3v) is 5.23. The van der Waals surface area contributed by atoms with Crippen LogP contribution in [-0.4, -0.2) is 39.9 Å². The van der Waals surface area contributed by atoms with Crippen molar-refractivity contribution in [3.8, 4) is 0 Å². The van der Waals surface area contributed by atoms with Gasteiger partial charge in [0, 0.05) is 13.1 Å². The number of imide groups is 1. The maximum atomic E-state index is 12.7. The lowest BCUT2D eigenvalue weighted by molar-refractivity contribution is 0.0222. The van der Waals surface area contributed by atoms with Crippen LogP contribution in [0.25, 0.3) is 0 Å². The van der Waals surface area contributed by atoms with E-state index in [1.54, 1.807) is 29.2 Å². The zero-order chi connectivity index (χ0) is 20.8. The Morgan fingerprint density at radius 3 is 2.28 bits per heavy atom. The van der Waals surface area contributed by atoms with Crippen LogP contribution in [0, 0.1) is 0 Å². The van der Waals surface area contributed by atoms with E-state index in [1.807, 2.05) is 39.0 Å². The summed E-state index contributed by atoms with van der Waals surface area (Å²) in [6, 6.07) is 12.8. The first-order valence-corrected chi connectivity index (χ1v) is 9.77. The minimum Gasteiger partial charge on any atom is -0.444 e. The van der Waals surface area contributed by atoms with Crippen LogP contribution in [0.15, 0.2) is 42.5 Å². The van der Waals surface area contributed by atoms with Crippen LogP contribution in [0.2, 0.25) is 0 Å². The summed E-state index contributed by atoms with van der Waals surface area (Å²) in [5.41, 5.74) is 3.33. The number of carbonyl (C=O) groups is 3. The highest BCUT2D eigenvalue weighted by Gasteiger charge is 2.36. The van der Waals surface area contributed by atoms with Crippen molar-refractivity contribution < 1.29 is 19.1 Å². The molecule has 0 radical (unpaired) electrons. The largest absolute Gasteiger partial charge is 0.444 e. The third-order valence-electron chi connectivity index (χ3n) is 5.23. The summed E-state index contributed by atoms with van der Waals surface area (Å²) in [5, 5.41) is 0. The van der Waals surface area contributed by atoms with E-state index < -0.39 is 5.60 Å². The van der Waals surface area contributed by atoms with Gasteiger partial charge in [0.05, 0.1) is 17.7 Å². The predicted molar refractivity (Wildman–Crippen MR) is 107 cm³/mol. The molecule has 0 N–H and O–H groups in total. The summed E-state index contributed by atoms with van der Waals surface area (Å²) in [7, 11) is 0. The molecule has 2 aliphatic rings. The number of benzene rings is 2. The van der Waals surface area contributed by atoms with Gasteiger partial charge in [0.15, 0.2) is 0 Å². The summed E-state index contributed by atoms with van der Waals surface area (Å²) in [6.07, 6.45) is 0.364. The molecule has 0 fully saturated rings. The van der Waals surface area contributed by atoms with E-state index in [4.69, 9.17) is 4.74 Å². The van der Waals surface area contributed by atoms with E-state index in [0.29, 0.717) is 30.6 Å². The number of hydrogen-bond acceptors (Lipinski definition) is 4. The molecular formula is C23H24N2O4. The second-order valence-electron chi connectivity index (χ2n) is 8.45. The van der Waals surface area contributed by atoms with Crippen molar-refractivity contribution in [2.24, 2.45) is 0 Å². The van der Waals surface area contributed by atoms with E-state index in [9.17, 15) is 14.4 Å². The monoisotopic (exact) mass is 392 g/mol. The average molecular weight is 392 g/mol. The van der Waals surface area contributed by atoms with Crippen LogP contribution in [0.1, 0.15) is 58.2 Å². The molecule has 0 saturated carbocycles.